The van der Waals surface area contributed by atoms with Gasteiger partial charge in [-0.1, -0.05) is 48.0 Å². The number of methoxy groups -OCH3 is 1. The van der Waals surface area contributed by atoms with Crippen molar-refractivity contribution in [1.82, 2.24) is 0 Å². The van der Waals surface area contributed by atoms with Crippen LogP contribution in [-0.2, 0) is 25.8 Å². The zero-order valence-corrected chi connectivity index (χ0v) is 24.6. The zero-order valence-electron chi connectivity index (χ0n) is 23.0. The molecule has 214 valence electrons. The van der Waals surface area contributed by atoms with E-state index >= 15 is 0 Å². The van der Waals surface area contributed by atoms with Crippen molar-refractivity contribution in [3.05, 3.63) is 95.0 Å². The first-order valence-electron chi connectivity index (χ1n) is 12.9. The van der Waals surface area contributed by atoms with E-state index < -0.39 is 21.7 Å². The Bertz CT molecular complexity index is 1850. The maximum absolute atomic E-state index is 13.1. The van der Waals surface area contributed by atoms with Crippen LogP contribution in [0.25, 0.3) is 22.3 Å². The maximum Gasteiger partial charge on any atom is 0.307 e. The van der Waals surface area contributed by atoms with E-state index in [1.165, 1.54) is 13.4 Å². The number of nitrogens with one attached hydrogen (secondary N) is 1. The quantitative estimate of drug-likeness (QED) is 0.221. The van der Waals surface area contributed by atoms with Crippen LogP contribution in [0.1, 0.15) is 24.0 Å². The Labute approximate surface area is 248 Å². The third-order valence-electron chi connectivity index (χ3n) is 7.11. The Kier molecular flexibility index (Phi) is 7.90. The Morgan fingerprint density at radius 3 is 2.19 bits per heavy atom. The molecule has 1 unspecified atom stereocenters. The first-order valence-corrected chi connectivity index (χ1v) is 15.2. The van der Waals surface area contributed by atoms with Crippen molar-refractivity contribution < 1.29 is 27.9 Å². The van der Waals surface area contributed by atoms with Crippen LogP contribution in [0.3, 0.4) is 0 Å². The van der Waals surface area contributed by atoms with Crippen LogP contribution in [0, 0.1) is 0 Å². The lowest BCUT2D eigenvalue weighted by Gasteiger charge is -2.13. The number of aliphatic imine (C=N–C) groups is 1. The van der Waals surface area contributed by atoms with E-state index in [0.717, 1.165) is 27.8 Å². The fourth-order valence-corrected chi connectivity index (χ4v) is 5.96. The molecule has 4 aromatic carbocycles. The topological polar surface area (TPSA) is 122 Å². The Morgan fingerprint density at radius 1 is 0.976 bits per heavy atom. The molecule has 2 N–H and O–H groups in total. The van der Waals surface area contributed by atoms with Crippen LogP contribution in [0.2, 0.25) is 5.02 Å². The van der Waals surface area contributed by atoms with Gasteiger partial charge in [-0.15, -0.1) is 0 Å². The number of hydrogen-bond donors (Lipinski definition) is 2. The summed E-state index contributed by atoms with van der Waals surface area (Å²) in [6, 6.07) is 23.1. The fourth-order valence-electron chi connectivity index (χ4n) is 5.06. The van der Waals surface area contributed by atoms with Gasteiger partial charge in [-0.25, -0.2) is 8.42 Å². The van der Waals surface area contributed by atoms with Gasteiger partial charge >= 0.3 is 5.97 Å². The molecule has 1 amide bonds. The summed E-state index contributed by atoms with van der Waals surface area (Å²) >= 11 is 6.65. The van der Waals surface area contributed by atoms with Gasteiger partial charge in [-0.3, -0.25) is 14.6 Å². The SMILES string of the molecule is COc1ccc(N=C(C)C2C(=O)Nc3cc(Cl)c(-c4ccc(-c5ccc(S(C)(=O)=O)cc5)cc4)cc32)cc1CC(=O)O. The summed E-state index contributed by atoms with van der Waals surface area (Å²) in [4.78, 5) is 29.3. The fraction of sp³-hybridized carbons (Fsp3) is 0.156. The van der Waals surface area contributed by atoms with Gasteiger partial charge in [0.25, 0.3) is 0 Å². The Hall–Kier alpha value is -4.47. The molecule has 0 aliphatic carbocycles. The highest BCUT2D eigenvalue weighted by Gasteiger charge is 2.34. The number of hydrogen-bond acceptors (Lipinski definition) is 6. The minimum atomic E-state index is -3.27. The molecule has 0 saturated carbocycles. The first kappa shape index (κ1) is 29.0. The number of carbonyl (C=O) groups is 2. The second-order valence-electron chi connectivity index (χ2n) is 10.0. The normalized spacial score (nSPS) is 14.8. The summed E-state index contributed by atoms with van der Waals surface area (Å²) < 4.78 is 28.8. The number of nitrogens with zero attached hydrogens (tertiary/aromatic N) is 1. The maximum atomic E-state index is 13.1. The minimum Gasteiger partial charge on any atom is -0.496 e. The minimum absolute atomic E-state index is 0.217. The number of carbonyl (C=O) groups excluding carboxylic acids is 1. The van der Waals surface area contributed by atoms with Crippen molar-refractivity contribution in [2.24, 2.45) is 4.99 Å². The van der Waals surface area contributed by atoms with Crippen molar-refractivity contribution in [2.75, 3.05) is 18.7 Å². The van der Waals surface area contributed by atoms with E-state index in [4.69, 9.17) is 16.3 Å². The molecule has 0 saturated heterocycles. The largest absolute Gasteiger partial charge is 0.496 e. The molecule has 10 heteroatoms. The highest BCUT2D eigenvalue weighted by molar-refractivity contribution is 7.90. The summed E-state index contributed by atoms with van der Waals surface area (Å²) in [6.07, 6.45) is 0.959. The average molecular weight is 603 g/mol. The number of halogens is 1. The van der Waals surface area contributed by atoms with E-state index in [9.17, 15) is 23.1 Å². The van der Waals surface area contributed by atoms with Crippen molar-refractivity contribution in [1.29, 1.82) is 0 Å². The molecule has 1 aliphatic rings. The van der Waals surface area contributed by atoms with Crippen molar-refractivity contribution in [3.8, 4) is 28.0 Å². The molecule has 1 aliphatic heterocycles. The summed E-state index contributed by atoms with van der Waals surface area (Å²) in [7, 11) is -1.80. The first-order chi connectivity index (χ1) is 19.9. The van der Waals surface area contributed by atoms with Crippen LogP contribution < -0.4 is 10.1 Å². The monoisotopic (exact) mass is 602 g/mol. The van der Waals surface area contributed by atoms with Gasteiger partial charge in [0.2, 0.25) is 5.91 Å². The summed E-state index contributed by atoms with van der Waals surface area (Å²) in [5, 5.41) is 12.6. The number of aliphatic carboxylic acids is 1. The van der Waals surface area contributed by atoms with Crippen molar-refractivity contribution in [3.63, 3.8) is 0 Å². The summed E-state index contributed by atoms with van der Waals surface area (Å²) in [5.41, 5.74) is 6.27. The molecule has 42 heavy (non-hydrogen) atoms. The van der Waals surface area contributed by atoms with Gasteiger partial charge in [-0.05, 0) is 71.6 Å². The number of carboxylic acids is 1. The second kappa shape index (κ2) is 11.4. The standard InChI is InChI=1S/C32H27ClN2O6S/c1-18(34-23-10-13-29(41-2)22(14-23)15-30(36)37)31-26-16-25(27(33)17-28(26)35-32(31)38)21-6-4-19(5-7-21)20-8-11-24(12-9-20)42(3,39)40/h4-14,16-17,31H,15H2,1-3H3,(H,35,38)(H,36,37). The smallest absolute Gasteiger partial charge is 0.307 e. The van der Waals surface area contributed by atoms with Gasteiger partial charge < -0.3 is 15.2 Å². The molecular formula is C32H27ClN2O6S. The predicted molar refractivity (Wildman–Crippen MR) is 164 cm³/mol. The third kappa shape index (κ3) is 5.93. The predicted octanol–water partition coefficient (Wildman–Crippen LogP) is 6.54. The molecule has 0 spiro atoms. The van der Waals surface area contributed by atoms with E-state index in [-0.39, 0.29) is 17.2 Å². The summed E-state index contributed by atoms with van der Waals surface area (Å²) in [6.45, 7) is 1.76. The van der Waals surface area contributed by atoms with Crippen LogP contribution >= 0.6 is 11.6 Å². The average Bonchev–Trinajstić information content (AvgIpc) is 3.26. The number of amides is 1. The molecule has 0 radical (unpaired) electrons. The molecule has 0 aromatic heterocycles. The number of benzene rings is 4. The van der Waals surface area contributed by atoms with Crippen LogP contribution in [0.5, 0.6) is 5.75 Å². The second-order valence-corrected chi connectivity index (χ2v) is 12.5. The molecule has 1 atom stereocenters. The highest BCUT2D eigenvalue weighted by Crippen LogP contribution is 2.41. The molecule has 5 rings (SSSR count). The van der Waals surface area contributed by atoms with E-state index in [0.29, 0.717) is 33.4 Å². The van der Waals surface area contributed by atoms with Gasteiger partial charge in [0.1, 0.15) is 11.7 Å². The Balaban J connectivity index is 1.46. The van der Waals surface area contributed by atoms with Gasteiger partial charge in [0.05, 0.1) is 29.1 Å². The molecule has 1 heterocycles. The highest BCUT2D eigenvalue weighted by atomic mass is 35.5. The Morgan fingerprint density at radius 2 is 1.60 bits per heavy atom. The number of anilines is 1. The van der Waals surface area contributed by atoms with Gasteiger partial charge in [0.15, 0.2) is 9.84 Å². The third-order valence-corrected chi connectivity index (χ3v) is 8.55. The van der Waals surface area contributed by atoms with Crippen molar-refractivity contribution >= 4 is 50.4 Å². The number of ether oxygens (including phenoxy) is 1. The van der Waals surface area contributed by atoms with Gasteiger partial charge in [-0.2, -0.15) is 0 Å². The number of carboxylic acid groups (broad SMARTS) is 1. The zero-order chi connectivity index (χ0) is 30.2. The lowest BCUT2D eigenvalue weighted by Crippen LogP contribution is -2.18. The number of sulfone groups is 1. The molecule has 8 nitrogen and oxygen atoms in total. The van der Waals surface area contributed by atoms with Crippen molar-refractivity contribution in [2.45, 2.75) is 24.2 Å². The van der Waals surface area contributed by atoms with Crippen LogP contribution in [0.15, 0.2) is 88.8 Å². The lowest BCUT2D eigenvalue weighted by atomic mass is 9.92. The molecule has 4 aromatic rings. The summed E-state index contributed by atoms with van der Waals surface area (Å²) in [5.74, 6) is -1.42. The number of rotatable bonds is 8. The lowest BCUT2D eigenvalue weighted by molar-refractivity contribution is -0.136. The van der Waals surface area contributed by atoms with Gasteiger partial charge in [0, 0.05) is 28.8 Å². The molecule has 0 fully saturated rings. The van der Waals surface area contributed by atoms with Crippen LogP contribution in [0.4, 0.5) is 11.4 Å². The van der Waals surface area contributed by atoms with E-state index in [2.05, 4.69) is 10.3 Å². The van der Waals surface area contributed by atoms with Crippen LogP contribution in [-0.4, -0.2) is 44.5 Å². The number of fused-ring (bicyclic) bond motifs is 1. The van der Waals surface area contributed by atoms with E-state index in [1.807, 2.05) is 30.3 Å². The molecule has 0 bridgehead atoms. The van der Waals surface area contributed by atoms with E-state index in [1.54, 1.807) is 55.5 Å². The molecular weight excluding hydrogens is 576 g/mol.